The molecule has 5 nitrogen and oxygen atoms in total. The van der Waals surface area contributed by atoms with Crippen LogP contribution in [-0.2, 0) is 4.79 Å². The minimum Gasteiger partial charge on any atom is -0.485 e. The van der Waals surface area contributed by atoms with Crippen LogP contribution in [0.25, 0.3) is 0 Å². The summed E-state index contributed by atoms with van der Waals surface area (Å²) in [7, 11) is 0. The first-order valence-electron chi connectivity index (χ1n) is 6.03. The number of rotatable bonds is 1. The van der Waals surface area contributed by atoms with Crippen LogP contribution in [0.4, 0.5) is 0 Å². The van der Waals surface area contributed by atoms with E-state index in [-0.39, 0.29) is 5.91 Å². The molecule has 1 aromatic rings. The third-order valence-electron chi connectivity index (χ3n) is 3.25. The summed E-state index contributed by atoms with van der Waals surface area (Å²) in [5.41, 5.74) is 0.242. The van der Waals surface area contributed by atoms with Crippen molar-refractivity contribution in [2.24, 2.45) is 0 Å². The van der Waals surface area contributed by atoms with Crippen LogP contribution in [0.5, 0.6) is 5.75 Å². The van der Waals surface area contributed by atoms with E-state index in [2.05, 4.69) is 5.32 Å². The summed E-state index contributed by atoms with van der Waals surface area (Å²) >= 11 is 0. The van der Waals surface area contributed by atoms with Crippen molar-refractivity contribution in [3.8, 4) is 11.8 Å². The maximum Gasteiger partial charge on any atom is 0.217 e. The van der Waals surface area contributed by atoms with Gasteiger partial charge in [0.05, 0.1) is 17.7 Å². The lowest BCUT2D eigenvalue weighted by atomic mass is 9.85. The van der Waals surface area contributed by atoms with E-state index < -0.39 is 17.7 Å². The molecular weight excluding hydrogens is 244 g/mol. The van der Waals surface area contributed by atoms with E-state index in [0.717, 1.165) is 0 Å². The van der Waals surface area contributed by atoms with E-state index in [4.69, 9.17) is 10.00 Å². The van der Waals surface area contributed by atoms with Crippen LogP contribution in [0.2, 0.25) is 0 Å². The molecule has 5 heteroatoms. The number of amides is 1. The topological polar surface area (TPSA) is 82.4 Å². The molecule has 1 heterocycles. The average molecular weight is 260 g/mol. The molecule has 1 unspecified atom stereocenters. The van der Waals surface area contributed by atoms with E-state index in [1.54, 1.807) is 32.0 Å². The molecule has 2 atom stereocenters. The molecule has 0 bridgehead atoms. The summed E-state index contributed by atoms with van der Waals surface area (Å²) in [6.45, 7) is 5.00. The summed E-state index contributed by atoms with van der Waals surface area (Å²) in [6.07, 6.45) is -0.907. The minimum absolute atomic E-state index is 0.236. The van der Waals surface area contributed by atoms with E-state index in [0.29, 0.717) is 16.9 Å². The number of benzene rings is 1. The fraction of sp³-hybridized carbons (Fsp3) is 0.429. The number of carbonyl (C=O) groups excluding carboxylic acids is 1. The Balaban J connectivity index is 2.46. The second-order valence-corrected chi connectivity index (χ2v) is 5.19. The smallest absolute Gasteiger partial charge is 0.217 e. The molecule has 100 valence electrons. The van der Waals surface area contributed by atoms with Crippen molar-refractivity contribution in [1.82, 2.24) is 5.32 Å². The SMILES string of the molecule is CC(=O)N[C@H]1C(O)c2cc(C#N)ccc2OC1(C)C. The van der Waals surface area contributed by atoms with Crippen molar-refractivity contribution in [2.75, 3.05) is 0 Å². The number of nitrogens with one attached hydrogen (secondary N) is 1. The Bertz CT molecular complexity index is 560. The quantitative estimate of drug-likeness (QED) is 0.796. The van der Waals surface area contributed by atoms with Crippen molar-refractivity contribution < 1.29 is 14.6 Å². The predicted molar refractivity (Wildman–Crippen MR) is 68.4 cm³/mol. The number of aliphatic hydroxyl groups is 1. The lowest BCUT2D eigenvalue weighted by molar-refractivity contribution is -0.124. The summed E-state index contributed by atoms with van der Waals surface area (Å²) < 4.78 is 5.82. The standard InChI is InChI=1S/C14H16N2O3/c1-8(17)16-13-12(18)10-6-9(7-15)4-5-11(10)19-14(13,2)3/h4-6,12-13,18H,1-3H3,(H,16,17)/t12?,13-/m0/s1. The molecule has 0 radical (unpaired) electrons. The van der Waals surface area contributed by atoms with Crippen molar-refractivity contribution in [1.29, 1.82) is 5.26 Å². The van der Waals surface area contributed by atoms with Gasteiger partial charge in [-0.15, -0.1) is 0 Å². The van der Waals surface area contributed by atoms with Crippen molar-refractivity contribution in [2.45, 2.75) is 38.5 Å². The zero-order chi connectivity index (χ0) is 14.2. The normalized spacial score (nSPS) is 23.7. The molecule has 0 aromatic heterocycles. The highest BCUT2D eigenvalue weighted by atomic mass is 16.5. The van der Waals surface area contributed by atoms with Gasteiger partial charge in [0.15, 0.2) is 0 Å². The fourth-order valence-corrected chi connectivity index (χ4v) is 2.32. The molecule has 2 rings (SSSR count). The van der Waals surface area contributed by atoms with Crippen LogP contribution in [0.3, 0.4) is 0 Å². The van der Waals surface area contributed by atoms with Crippen LogP contribution in [0.15, 0.2) is 18.2 Å². The third-order valence-corrected chi connectivity index (χ3v) is 3.25. The van der Waals surface area contributed by atoms with Gasteiger partial charge < -0.3 is 15.2 Å². The first-order valence-corrected chi connectivity index (χ1v) is 6.03. The predicted octanol–water partition coefficient (Wildman–Crippen LogP) is 1.27. The molecular formula is C14H16N2O3. The minimum atomic E-state index is -0.907. The third kappa shape index (κ3) is 2.40. The van der Waals surface area contributed by atoms with Gasteiger partial charge in [0.1, 0.15) is 17.5 Å². The molecule has 1 aliphatic rings. The van der Waals surface area contributed by atoms with Gasteiger partial charge in [-0.25, -0.2) is 0 Å². The molecule has 19 heavy (non-hydrogen) atoms. The fourth-order valence-electron chi connectivity index (χ4n) is 2.32. The van der Waals surface area contributed by atoms with Gasteiger partial charge in [0, 0.05) is 12.5 Å². The molecule has 0 aliphatic carbocycles. The Labute approximate surface area is 111 Å². The Morgan fingerprint density at radius 1 is 1.53 bits per heavy atom. The summed E-state index contributed by atoms with van der Waals surface area (Å²) in [6, 6.07) is 6.35. The van der Waals surface area contributed by atoms with Gasteiger partial charge in [-0.1, -0.05) is 0 Å². The molecule has 0 fully saturated rings. The second kappa shape index (κ2) is 4.56. The van der Waals surface area contributed by atoms with Gasteiger partial charge in [-0.3, -0.25) is 4.79 Å². The van der Waals surface area contributed by atoms with Crippen molar-refractivity contribution >= 4 is 5.91 Å². The number of fused-ring (bicyclic) bond motifs is 1. The van der Waals surface area contributed by atoms with Crippen molar-refractivity contribution in [3.05, 3.63) is 29.3 Å². The van der Waals surface area contributed by atoms with Gasteiger partial charge in [-0.05, 0) is 32.0 Å². The molecule has 0 spiro atoms. The van der Waals surface area contributed by atoms with Crippen LogP contribution in [0, 0.1) is 11.3 Å². The van der Waals surface area contributed by atoms with Gasteiger partial charge in [-0.2, -0.15) is 5.26 Å². The first kappa shape index (κ1) is 13.4. The number of carbonyl (C=O) groups is 1. The molecule has 0 saturated heterocycles. The first-order chi connectivity index (χ1) is 8.85. The van der Waals surface area contributed by atoms with E-state index in [1.807, 2.05) is 6.07 Å². The number of nitriles is 1. The zero-order valence-electron chi connectivity index (χ0n) is 11.1. The lowest BCUT2D eigenvalue weighted by Crippen LogP contribution is -2.57. The molecule has 1 amide bonds. The highest BCUT2D eigenvalue weighted by molar-refractivity contribution is 5.73. The van der Waals surface area contributed by atoms with Crippen LogP contribution < -0.4 is 10.1 Å². The van der Waals surface area contributed by atoms with Crippen LogP contribution in [0.1, 0.15) is 38.0 Å². The lowest BCUT2D eigenvalue weighted by Gasteiger charge is -2.43. The molecule has 0 saturated carbocycles. The summed E-state index contributed by atoms with van der Waals surface area (Å²) in [5, 5.41) is 22.0. The average Bonchev–Trinajstić information content (AvgIpc) is 2.33. The highest BCUT2D eigenvalue weighted by Gasteiger charge is 2.43. The van der Waals surface area contributed by atoms with Crippen molar-refractivity contribution in [3.63, 3.8) is 0 Å². The zero-order valence-corrected chi connectivity index (χ0v) is 11.1. The Hall–Kier alpha value is -2.06. The molecule has 1 aliphatic heterocycles. The Morgan fingerprint density at radius 2 is 2.21 bits per heavy atom. The maximum absolute atomic E-state index is 11.3. The number of aliphatic hydroxyl groups excluding tert-OH is 1. The van der Waals surface area contributed by atoms with Gasteiger partial charge in [0.25, 0.3) is 0 Å². The number of hydrogen-bond donors (Lipinski definition) is 2. The van der Waals surface area contributed by atoms with E-state index in [9.17, 15) is 9.90 Å². The second-order valence-electron chi connectivity index (χ2n) is 5.19. The largest absolute Gasteiger partial charge is 0.485 e. The number of hydrogen-bond acceptors (Lipinski definition) is 4. The summed E-state index contributed by atoms with van der Waals surface area (Å²) in [5.74, 6) is 0.304. The van der Waals surface area contributed by atoms with E-state index in [1.165, 1.54) is 6.92 Å². The van der Waals surface area contributed by atoms with Crippen LogP contribution in [-0.4, -0.2) is 22.7 Å². The monoisotopic (exact) mass is 260 g/mol. The number of nitrogens with zero attached hydrogens (tertiary/aromatic N) is 1. The summed E-state index contributed by atoms with van der Waals surface area (Å²) in [4.78, 5) is 11.3. The van der Waals surface area contributed by atoms with Gasteiger partial charge in [0.2, 0.25) is 5.91 Å². The number of ether oxygens (including phenoxy) is 1. The van der Waals surface area contributed by atoms with Crippen LogP contribution >= 0.6 is 0 Å². The van der Waals surface area contributed by atoms with Gasteiger partial charge >= 0.3 is 0 Å². The highest BCUT2D eigenvalue weighted by Crippen LogP contribution is 2.40. The maximum atomic E-state index is 11.3. The van der Waals surface area contributed by atoms with E-state index >= 15 is 0 Å². The Kier molecular flexibility index (Phi) is 3.21. The molecule has 1 aromatic carbocycles. The molecule has 2 N–H and O–H groups in total. The Morgan fingerprint density at radius 3 is 2.79 bits per heavy atom.